The van der Waals surface area contributed by atoms with E-state index in [0.29, 0.717) is 5.57 Å². The first-order chi connectivity index (χ1) is 7.76. The molecule has 1 N–H and O–H groups in total. The first-order valence-corrected chi connectivity index (χ1v) is 5.33. The molecule has 2 nitrogen and oxygen atoms in total. The number of methoxy groups -OCH3 is 1. The monoisotopic (exact) mass is 218 g/mol. The highest BCUT2D eigenvalue weighted by atomic mass is 16.5. The molecule has 1 aromatic carbocycles. The van der Waals surface area contributed by atoms with Crippen LogP contribution in [-0.2, 0) is 11.2 Å². The van der Waals surface area contributed by atoms with Gasteiger partial charge < -0.3 is 9.84 Å². The number of aryl methyl sites for hydroxylation is 1. The number of rotatable bonds is 6. The van der Waals surface area contributed by atoms with Gasteiger partial charge in [-0.1, -0.05) is 36.9 Å². The Labute approximate surface area is 96.9 Å². The van der Waals surface area contributed by atoms with Gasteiger partial charge in [0, 0.05) is 6.42 Å². The Balaban J connectivity index is 2.52. The van der Waals surface area contributed by atoms with Crippen LogP contribution in [-0.4, -0.2) is 18.8 Å². The Morgan fingerprint density at radius 2 is 2.06 bits per heavy atom. The second-order valence-corrected chi connectivity index (χ2v) is 3.62. The molecular formula is C14H18O2. The zero-order valence-electron chi connectivity index (χ0n) is 9.65. The van der Waals surface area contributed by atoms with Gasteiger partial charge in [0.2, 0.25) is 0 Å². The molecule has 0 spiro atoms. The highest BCUT2D eigenvalue weighted by Crippen LogP contribution is 2.11. The molecule has 0 saturated heterocycles. The van der Waals surface area contributed by atoms with E-state index in [1.807, 2.05) is 18.2 Å². The minimum Gasteiger partial charge on any atom is -0.501 e. The van der Waals surface area contributed by atoms with E-state index in [-0.39, 0.29) is 6.61 Å². The molecule has 0 radical (unpaired) electrons. The molecule has 0 amide bonds. The summed E-state index contributed by atoms with van der Waals surface area (Å²) in [6.45, 7) is 3.68. The minimum absolute atomic E-state index is 0.0296. The van der Waals surface area contributed by atoms with Crippen LogP contribution >= 0.6 is 0 Å². The topological polar surface area (TPSA) is 29.5 Å². The van der Waals surface area contributed by atoms with Crippen molar-refractivity contribution in [1.29, 1.82) is 0 Å². The molecule has 0 aliphatic rings. The summed E-state index contributed by atoms with van der Waals surface area (Å²) in [4.78, 5) is 0. The first kappa shape index (κ1) is 12.5. The van der Waals surface area contributed by atoms with Crippen molar-refractivity contribution in [3.05, 3.63) is 59.9 Å². The summed E-state index contributed by atoms with van der Waals surface area (Å²) in [5, 5.41) is 8.86. The number of hydrogen-bond donors (Lipinski definition) is 1. The van der Waals surface area contributed by atoms with Crippen molar-refractivity contribution in [3.63, 3.8) is 0 Å². The fourth-order valence-corrected chi connectivity index (χ4v) is 1.42. The zero-order chi connectivity index (χ0) is 11.8. The Bertz CT molecular complexity index is 352. The Hall–Kier alpha value is -1.54. The normalized spacial score (nSPS) is 11.2. The van der Waals surface area contributed by atoms with E-state index in [9.17, 15) is 0 Å². The van der Waals surface area contributed by atoms with Gasteiger partial charge in [-0.25, -0.2) is 0 Å². The smallest absolute Gasteiger partial charge is 0.0962 e. The summed E-state index contributed by atoms with van der Waals surface area (Å²) < 4.78 is 5.23. The number of hydrogen-bond acceptors (Lipinski definition) is 2. The van der Waals surface area contributed by atoms with E-state index in [1.165, 1.54) is 5.56 Å². The van der Waals surface area contributed by atoms with Crippen LogP contribution in [0.15, 0.2) is 54.3 Å². The number of aliphatic hydroxyl groups excluding tert-OH is 1. The first-order valence-electron chi connectivity index (χ1n) is 5.33. The molecule has 1 rings (SSSR count). The predicted octanol–water partition coefficient (Wildman–Crippen LogP) is 2.70. The number of allylic oxidation sites excluding steroid dienone is 1. The van der Waals surface area contributed by atoms with Crippen molar-refractivity contribution < 1.29 is 9.84 Å². The van der Waals surface area contributed by atoms with Gasteiger partial charge in [-0.2, -0.15) is 0 Å². The van der Waals surface area contributed by atoms with Gasteiger partial charge in [-0.3, -0.25) is 0 Å². The molecule has 0 aromatic heterocycles. The molecule has 0 fully saturated rings. The van der Waals surface area contributed by atoms with E-state index < -0.39 is 0 Å². The quantitative estimate of drug-likeness (QED) is 0.587. The lowest BCUT2D eigenvalue weighted by atomic mass is 10.1. The zero-order valence-corrected chi connectivity index (χ0v) is 9.65. The lowest BCUT2D eigenvalue weighted by Gasteiger charge is -2.06. The lowest BCUT2D eigenvalue weighted by molar-refractivity contribution is 0.275. The van der Waals surface area contributed by atoms with Crippen LogP contribution in [0.1, 0.15) is 12.0 Å². The molecule has 86 valence electrons. The molecule has 0 atom stereocenters. The van der Waals surface area contributed by atoms with Crippen LogP contribution in [0.5, 0.6) is 0 Å². The van der Waals surface area contributed by atoms with Crippen LogP contribution in [0.2, 0.25) is 0 Å². The molecule has 0 aliphatic heterocycles. The van der Waals surface area contributed by atoms with Crippen molar-refractivity contribution in [2.24, 2.45) is 0 Å². The molecule has 0 unspecified atom stereocenters. The minimum atomic E-state index is -0.0296. The van der Waals surface area contributed by atoms with Gasteiger partial charge in [-0.05, 0) is 23.6 Å². The van der Waals surface area contributed by atoms with Crippen molar-refractivity contribution in [2.75, 3.05) is 13.7 Å². The molecule has 1 aromatic rings. The van der Waals surface area contributed by atoms with Crippen LogP contribution in [0, 0.1) is 0 Å². The van der Waals surface area contributed by atoms with E-state index in [1.54, 1.807) is 13.2 Å². The van der Waals surface area contributed by atoms with Crippen molar-refractivity contribution >= 4 is 0 Å². The maximum Gasteiger partial charge on any atom is 0.0962 e. The van der Waals surface area contributed by atoms with Crippen molar-refractivity contribution in [3.8, 4) is 0 Å². The fraction of sp³-hybridized carbons (Fsp3) is 0.286. The summed E-state index contributed by atoms with van der Waals surface area (Å²) >= 11 is 0. The molecule has 0 saturated carbocycles. The van der Waals surface area contributed by atoms with Gasteiger partial charge in [-0.15, -0.1) is 0 Å². The van der Waals surface area contributed by atoms with Crippen LogP contribution < -0.4 is 0 Å². The second kappa shape index (κ2) is 6.85. The van der Waals surface area contributed by atoms with Gasteiger partial charge in [0.15, 0.2) is 0 Å². The standard InChI is InChI=1S/C14H18O2/c1-12(11-15)10-14(16-2)9-8-13-6-4-3-5-7-13/h3-7,10,15H,1,8-9,11H2,2H3/b14-10+. The molecule has 0 heterocycles. The summed E-state index contributed by atoms with van der Waals surface area (Å²) in [5.41, 5.74) is 1.95. The molecule has 0 bridgehead atoms. The average molecular weight is 218 g/mol. The third-order valence-corrected chi connectivity index (χ3v) is 2.33. The Morgan fingerprint density at radius 1 is 1.38 bits per heavy atom. The average Bonchev–Trinajstić information content (AvgIpc) is 2.35. The summed E-state index contributed by atoms with van der Waals surface area (Å²) in [6.07, 6.45) is 3.54. The molecule has 0 aliphatic carbocycles. The van der Waals surface area contributed by atoms with Gasteiger partial charge in [0.25, 0.3) is 0 Å². The van der Waals surface area contributed by atoms with Crippen LogP contribution in [0.4, 0.5) is 0 Å². The largest absolute Gasteiger partial charge is 0.501 e. The van der Waals surface area contributed by atoms with E-state index in [2.05, 4.69) is 18.7 Å². The maximum atomic E-state index is 8.86. The highest BCUT2D eigenvalue weighted by Gasteiger charge is 1.99. The molecule has 16 heavy (non-hydrogen) atoms. The molecule has 2 heteroatoms. The van der Waals surface area contributed by atoms with E-state index in [4.69, 9.17) is 9.84 Å². The lowest BCUT2D eigenvalue weighted by Crippen LogP contribution is -1.94. The van der Waals surface area contributed by atoms with Gasteiger partial charge >= 0.3 is 0 Å². The third-order valence-electron chi connectivity index (χ3n) is 2.33. The van der Waals surface area contributed by atoms with Gasteiger partial charge in [0.1, 0.15) is 0 Å². The Kier molecular flexibility index (Phi) is 5.37. The van der Waals surface area contributed by atoms with E-state index >= 15 is 0 Å². The third kappa shape index (κ3) is 4.32. The SMILES string of the molecule is C=C(/C=C(\CCc1ccccc1)OC)CO. The van der Waals surface area contributed by atoms with Gasteiger partial charge in [0.05, 0.1) is 19.5 Å². The summed E-state index contributed by atoms with van der Waals surface area (Å²) in [6, 6.07) is 10.2. The van der Waals surface area contributed by atoms with Crippen molar-refractivity contribution in [1.82, 2.24) is 0 Å². The number of aliphatic hydroxyl groups is 1. The molecular weight excluding hydrogens is 200 g/mol. The second-order valence-electron chi connectivity index (χ2n) is 3.62. The number of ether oxygens (including phenoxy) is 1. The fourth-order valence-electron chi connectivity index (χ4n) is 1.42. The highest BCUT2D eigenvalue weighted by molar-refractivity contribution is 5.20. The van der Waals surface area contributed by atoms with Crippen molar-refractivity contribution in [2.45, 2.75) is 12.8 Å². The maximum absolute atomic E-state index is 8.86. The Morgan fingerprint density at radius 3 is 2.62 bits per heavy atom. The van der Waals surface area contributed by atoms with E-state index in [0.717, 1.165) is 18.6 Å². The number of benzene rings is 1. The summed E-state index contributed by atoms with van der Waals surface area (Å²) in [5.74, 6) is 0.850. The predicted molar refractivity (Wildman–Crippen MR) is 66.1 cm³/mol. The van der Waals surface area contributed by atoms with Crippen LogP contribution in [0.3, 0.4) is 0 Å². The van der Waals surface area contributed by atoms with Crippen LogP contribution in [0.25, 0.3) is 0 Å². The summed E-state index contributed by atoms with van der Waals surface area (Å²) in [7, 11) is 1.64.